The summed E-state index contributed by atoms with van der Waals surface area (Å²) in [6.45, 7) is 0.604. The van der Waals surface area contributed by atoms with Gasteiger partial charge in [0.25, 0.3) is 0 Å². The highest BCUT2D eigenvalue weighted by molar-refractivity contribution is 4.93. The molecule has 1 fully saturated rings. The van der Waals surface area contributed by atoms with E-state index in [-0.39, 0.29) is 12.1 Å². The first-order chi connectivity index (χ1) is 5.36. The Labute approximate surface area is 63.4 Å². The Morgan fingerprint density at radius 1 is 1.73 bits per heavy atom. The second kappa shape index (κ2) is 2.60. The molecule has 0 spiro atoms. The molecule has 0 aliphatic carbocycles. The Bertz CT molecular complexity index is 224. The number of nitrogens with zero attached hydrogens (tertiary/aromatic N) is 2. The van der Waals surface area contributed by atoms with Crippen LogP contribution in [0.1, 0.15) is 18.4 Å². The lowest BCUT2D eigenvalue weighted by molar-refractivity contribution is 0.191. The van der Waals surface area contributed by atoms with E-state index in [1.807, 2.05) is 0 Å². The zero-order chi connectivity index (χ0) is 7.68. The van der Waals surface area contributed by atoms with Crippen LogP contribution in [0.25, 0.3) is 0 Å². The summed E-state index contributed by atoms with van der Waals surface area (Å²) in [7, 11) is 0. The minimum Gasteiger partial charge on any atom is -0.392 e. The number of hydrogen-bond donors (Lipinski definition) is 2. The third kappa shape index (κ3) is 1.24. The monoisotopic (exact) mass is 155 g/mol. The maximum atomic E-state index is 9.15. The second-order valence-corrected chi connectivity index (χ2v) is 2.63. The van der Waals surface area contributed by atoms with Gasteiger partial charge in [0.1, 0.15) is 0 Å². The Kier molecular flexibility index (Phi) is 1.59. The number of β-amino-alcohol motifs (C(OH)–C–C–N with tert-alkyl or cyclic N) is 1. The number of aliphatic hydroxyl groups excluding tert-OH is 1. The predicted octanol–water partition coefficient (Wildman–Crippen LogP) is -0.535. The van der Waals surface area contributed by atoms with Crippen molar-refractivity contribution in [2.24, 2.45) is 0 Å². The topological polar surface area (TPSA) is 71.2 Å². The van der Waals surface area contributed by atoms with Gasteiger partial charge in [0.2, 0.25) is 5.89 Å². The normalized spacial score (nSPS) is 31.0. The quantitative estimate of drug-likeness (QED) is 0.570. The molecule has 0 radical (unpaired) electrons. The van der Waals surface area contributed by atoms with Crippen LogP contribution in [0.15, 0.2) is 10.9 Å². The van der Waals surface area contributed by atoms with E-state index in [9.17, 15) is 0 Å². The standard InChI is InChI=1S/C6H9N3O2/c10-4-1-5(7-2-4)6-8-3-9-11-6/h3-5,7,10H,1-2H2/t4-,5+/m1/s1. The SMILES string of the molecule is O[C@H]1CN[C@H](c2ncno2)C1. The number of nitrogens with one attached hydrogen (secondary N) is 1. The number of hydrogen-bond acceptors (Lipinski definition) is 5. The number of rotatable bonds is 1. The zero-order valence-electron chi connectivity index (χ0n) is 5.90. The molecule has 0 bridgehead atoms. The fourth-order valence-electron chi connectivity index (χ4n) is 1.24. The van der Waals surface area contributed by atoms with Crippen molar-refractivity contribution in [1.82, 2.24) is 15.5 Å². The maximum absolute atomic E-state index is 9.15. The molecule has 1 aliphatic heterocycles. The fraction of sp³-hybridized carbons (Fsp3) is 0.667. The van der Waals surface area contributed by atoms with E-state index in [0.717, 1.165) is 0 Å². The van der Waals surface area contributed by atoms with Crippen LogP contribution in [0.4, 0.5) is 0 Å². The van der Waals surface area contributed by atoms with Gasteiger partial charge in [-0.05, 0) is 6.42 Å². The lowest BCUT2D eigenvalue weighted by Gasteiger charge is -2.00. The van der Waals surface area contributed by atoms with Crippen molar-refractivity contribution in [3.63, 3.8) is 0 Å². The Morgan fingerprint density at radius 2 is 2.64 bits per heavy atom. The van der Waals surface area contributed by atoms with E-state index < -0.39 is 0 Å². The first-order valence-electron chi connectivity index (χ1n) is 3.54. The molecule has 2 atom stereocenters. The van der Waals surface area contributed by atoms with Crippen LogP contribution < -0.4 is 5.32 Å². The third-order valence-corrected chi connectivity index (χ3v) is 1.78. The number of aromatic nitrogens is 2. The molecule has 0 saturated carbocycles. The van der Waals surface area contributed by atoms with Gasteiger partial charge in [-0.15, -0.1) is 0 Å². The lowest BCUT2D eigenvalue weighted by atomic mass is 10.2. The van der Waals surface area contributed by atoms with Gasteiger partial charge in [-0.2, -0.15) is 4.98 Å². The van der Waals surface area contributed by atoms with E-state index in [4.69, 9.17) is 9.63 Å². The molecular weight excluding hydrogens is 146 g/mol. The zero-order valence-corrected chi connectivity index (χ0v) is 5.90. The van der Waals surface area contributed by atoms with Gasteiger partial charge in [0.15, 0.2) is 6.33 Å². The van der Waals surface area contributed by atoms with Crippen molar-refractivity contribution in [2.75, 3.05) is 6.54 Å². The van der Waals surface area contributed by atoms with Crippen molar-refractivity contribution in [2.45, 2.75) is 18.6 Å². The van der Waals surface area contributed by atoms with E-state index in [1.54, 1.807) is 0 Å². The van der Waals surface area contributed by atoms with Crippen molar-refractivity contribution in [3.8, 4) is 0 Å². The molecule has 2 rings (SSSR count). The molecule has 0 unspecified atom stereocenters. The largest absolute Gasteiger partial charge is 0.392 e. The number of aliphatic hydroxyl groups is 1. The molecule has 0 aromatic carbocycles. The van der Waals surface area contributed by atoms with E-state index >= 15 is 0 Å². The van der Waals surface area contributed by atoms with Crippen LogP contribution in [0, 0.1) is 0 Å². The molecule has 2 N–H and O–H groups in total. The summed E-state index contributed by atoms with van der Waals surface area (Å²) >= 11 is 0. The molecule has 1 aliphatic rings. The molecule has 1 saturated heterocycles. The minimum absolute atomic E-state index is 0.0347. The average molecular weight is 155 g/mol. The minimum atomic E-state index is -0.285. The van der Waals surface area contributed by atoms with Crippen molar-refractivity contribution >= 4 is 0 Å². The predicted molar refractivity (Wildman–Crippen MR) is 35.7 cm³/mol. The summed E-state index contributed by atoms with van der Waals surface area (Å²) in [4.78, 5) is 3.88. The summed E-state index contributed by atoms with van der Waals surface area (Å²) in [6.07, 6.45) is 1.73. The Hall–Kier alpha value is -0.940. The van der Waals surface area contributed by atoms with Gasteiger partial charge >= 0.3 is 0 Å². The maximum Gasteiger partial charge on any atom is 0.243 e. The smallest absolute Gasteiger partial charge is 0.243 e. The van der Waals surface area contributed by atoms with Gasteiger partial charge in [-0.3, -0.25) is 0 Å². The van der Waals surface area contributed by atoms with E-state index in [0.29, 0.717) is 18.9 Å². The third-order valence-electron chi connectivity index (χ3n) is 1.78. The van der Waals surface area contributed by atoms with Crippen molar-refractivity contribution in [1.29, 1.82) is 0 Å². The highest BCUT2D eigenvalue weighted by Gasteiger charge is 2.26. The molecule has 5 heteroatoms. The first kappa shape index (κ1) is 6.75. The van der Waals surface area contributed by atoms with Gasteiger partial charge < -0.3 is 14.9 Å². The molecule has 1 aromatic heterocycles. The van der Waals surface area contributed by atoms with Crippen molar-refractivity contribution in [3.05, 3.63) is 12.2 Å². The van der Waals surface area contributed by atoms with E-state index in [1.165, 1.54) is 6.33 Å². The molecule has 0 amide bonds. The molecule has 60 valence electrons. The van der Waals surface area contributed by atoms with Crippen LogP contribution in [-0.4, -0.2) is 27.9 Å². The van der Waals surface area contributed by atoms with Gasteiger partial charge in [-0.25, -0.2) is 0 Å². The molecule has 5 nitrogen and oxygen atoms in total. The first-order valence-corrected chi connectivity index (χ1v) is 3.54. The van der Waals surface area contributed by atoms with Crippen LogP contribution in [0.5, 0.6) is 0 Å². The highest BCUT2D eigenvalue weighted by Crippen LogP contribution is 2.20. The average Bonchev–Trinajstić information content (AvgIpc) is 2.55. The van der Waals surface area contributed by atoms with Crippen LogP contribution in [0.2, 0.25) is 0 Å². The summed E-state index contributed by atoms with van der Waals surface area (Å²) in [5, 5.41) is 15.7. The summed E-state index contributed by atoms with van der Waals surface area (Å²) < 4.78 is 4.83. The molecular formula is C6H9N3O2. The lowest BCUT2D eigenvalue weighted by Crippen LogP contribution is -2.14. The summed E-state index contributed by atoms with van der Waals surface area (Å²) in [6, 6.07) is 0.0347. The van der Waals surface area contributed by atoms with Gasteiger partial charge in [-0.1, -0.05) is 5.16 Å². The summed E-state index contributed by atoms with van der Waals surface area (Å²) in [5.41, 5.74) is 0. The second-order valence-electron chi connectivity index (χ2n) is 2.63. The molecule has 2 heterocycles. The van der Waals surface area contributed by atoms with E-state index in [2.05, 4.69) is 15.5 Å². The van der Waals surface area contributed by atoms with Gasteiger partial charge in [0, 0.05) is 6.54 Å². The highest BCUT2D eigenvalue weighted by atomic mass is 16.5. The molecule has 11 heavy (non-hydrogen) atoms. The van der Waals surface area contributed by atoms with Crippen LogP contribution >= 0.6 is 0 Å². The molecule has 1 aromatic rings. The fourth-order valence-corrected chi connectivity index (χ4v) is 1.24. The summed E-state index contributed by atoms with van der Waals surface area (Å²) in [5.74, 6) is 0.557. The van der Waals surface area contributed by atoms with Gasteiger partial charge in [0.05, 0.1) is 12.1 Å². The van der Waals surface area contributed by atoms with Crippen molar-refractivity contribution < 1.29 is 9.63 Å². The van der Waals surface area contributed by atoms with Crippen LogP contribution in [-0.2, 0) is 0 Å². The Balaban J connectivity index is 2.08. The van der Waals surface area contributed by atoms with Crippen LogP contribution in [0.3, 0.4) is 0 Å². The Morgan fingerprint density at radius 3 is 3.18 bits per heavy atom.